The van der Waals surface area contributed by atoms with Crippen LogP contribution in [0, 0.1) is 5.92 Å². The molecule has 1 fully saturated rings. The second kappa shape index (κ2) is 7.02. The average molecular weight is 309 g/mol. The molecule has 1 heterocycles. The fraction of sp³-hybridized carbons (Fsp3) is 0.667. The average Bonchev–Trinajstić information content (AvgIpc) is 2.45. The first-order chi connectivity index (χ1) is 9.89. The summed E-state index contributed by atoms with van der Waals surface area (Å²) >= 11 is 6.51. The van der Waals surface area contributed by atoms with E-state index in [1.165, 1.54) is 30.5 Å². The second-order valence-electron chi connectivity index (χ2n) is 7.23. The van der Waals surface area contributed by atoms with E-state index in [-0.39, 0.29) is 5.54 Å². The minimum absolute atomic E-state index is 0.132. The van der Waals surface area contributed by atoms with E-state index in [1.54, 1.807) is 0 Å². The summed E-state index contributed by atoms with van der Waals surface area (Å²) < 4.78 is 0. The van der Waals surface area contributed by atoms with Gasteiger partial charge in [0.1, 0.15) is 0 Å². The lowest BCUT2D eigenvalue weighted by atomic mass is 9.94. The van der Waals surface area contributed by atoms with Crippen LogP contribution in [-0.4, -0.2) is 18.6 Å². The van der Waals surface area contributed by atoms with Gasteiger partial charge in [-0.25, -0.2) is 0 Å². The summed E-state index contributed by atoms with van der Waals surface area (Å²) in [5.41, 5.74) is 2.58. The van der Waals surface area contributed by atoms with Crippen molar-refractivity contribution in [1.82, 2.24) is 5.32 Å². The molecule has 0 amide bonds. The Labute approximate surface area is 134 Å². The van der Waals surface area contributed by atoms with E-state index in [2.05, 4.69) is 56.1 Å². The van der Waals surface area contributed by atoms with Crippen molar-refractivity contribution < 1.29 is 0 Å². The molecular formula is C18H29ClN2. The number of hydrogen-bond donors (Lipinski definition) is 1. The van der Waals surface area contributed by atoms with Gasteiger partial charge >= 0.3 is 0 Å². The largest absolute Gasteiger partial charge is 0.370 e. The van der Waals surface area contributed by atoms with Gasteiger partial charge in [0, 0.05) is 25.2 Å². The molecular weight excluding hydrogens is 280 g/mol. The van der Waals surface area contributed by atoms with Crippen LogP contribution in [0.25, 0.3) is 0 Å². The number of halogens is 1. The quantitative estimate of drug-likeness (QED) is 0.855. The van der Waals surface area contributed by atoms with Gasteiger partial charge in [0.05, 0.1) is 10.7 Å². The van der Waals surface area contributed by atoms with Crippen LogP contribution in [0.1, 0.15) is 52.5 Å². The fourth-order valence-corrected chi connectivity index (χ4v) is 3.19. The van der Waals surface area contributed by atoms with Gasteiger partial charge in [0.2, 0.25) is 0 Å². The zero-order valence-corrected chi connectivity index (χ0v) is 14.6. The van der Waals surface area contributed by atoms with Crippen molar-refractivity contribution in [3.63, 3.8) is 0 Å². The van der Waals surface area contributed by atoms with Gasteiger partial charge in [-0.15, -0.1) is 0 Å². The van der Waals surface area contributed by atoms with Gasteiger partial charge in [0.25, 0.3) is 0 Å². The molecule has 2 nitrogen and oxygen atoms in total. The molecule has 21 heavy (non-hydrogen) atoms. The monoisotopic (exact) mass is 308 g/mol. The second-order valence-corrected chi connectivity index (χ2v) is 7.64. The van der Waals surface area contributed by atoms with E-state index in [4.69, 9.17) is 11.6 Å². The highest BCUT2D eigenvalue weighted by Gasteiger charge is 2.19. The number of rotatable bonds is 4. The van der Waals surface area contributed by atoms with Crippen molar-refractivity contribution in [3.05, 3.63) is 28.8 Å². The molecule has 0 bridgehead atoms. The van der Waals surface area contributed by atoms with E-state index in [0.29, 0.717) is 0 Å². The van der Waals surface area contributed by atoms with Gasteiger partial charge in [0.15, 0.2) is 0 Å². The topological polar surface area (TPSA) is 15.3 Å². The Morgan fingerprint density at radius 1 is 1.24 bits per heavy atom. The first kappa shape index (κ1) is 16.6. The van der Waals surface area contributed by atoms with Crippen LogP contribution in [0.2, 0.25) is 5.02 Å². The number of piperidine rings is 1. The third kappa shape index (κ3) is 4.89. The molecule has 3 heteroatoms. The summed E-state index contributed by atoms with van der Waals surface area (Å²) in [5, 5.41) is 4.39. The Bertz CT molecular complexity index is 457. The van der Waals surface area contributed by atoms with Crippen molar-refractivity contribution >= 4 is 17.3 Å². The molecule has 2 rings (SSSR count). The number of benzene rings is 1. The molecule has 0 spiro atoms. The van der Waals surface area contributed by atoms with Gasteiger partial charge in [-0.05, 0) is 57.2 Å². The van der Waals surface area contributed by atoms with Gasteiger partial charge in [-0.1, -0.05) is 31.0 Å². The Balaban J connectivity index is 1.99. The lowest BCUT2D eigenvalue weighted by molar-refractivity contribution is 0.395. The Kier molecular flexibility index (Phi) is 5.56. The number of hydrogen-bond acceptors (Lipinski definition) is 2. The summed E-state index contributed by atoms with van der Waals surface area (Å²) in [5.74, 6) is 0.898. The summed E-state index contributed by atoms with van der Waals surface area (Å²) in [6, 6.07) is 6.50. The molecule has 1 aromatic carbocycles. The zero-order chi connectivity index (χ0) is 15.5. The minimum Gasteiger partial charge on any atom is -0.370 e. The summed E-state index contributed by atoms with van der Waals surface area (Å²) in [6.07, 6.45) is 3.89. The Morgan fingerprint density at radius 2 is 1.90 bits per heavy atom. The normalized spacial score (nSPS) is 17.3. The highest BCUT2D eigenvalue weighted by molar-refractivity contribution is 6.33. The number of nitrogens with one attached hydrogen (secondary N) is 1. The zero-order valence-electron chi connectivity index (χ0n) is 13.9. The van der Waals surface area contributed by atoms with Crippen molar-refractivity contribution in [1.29, 1.82) is 0 Å². The molecule has 118 valence electrons. The minimum atomic E-state index is 0.132. The Hall–Kier alpha value is -0.730. The van der Waals surface area contributed by atoms with Gasteiger partial charge in [-0.2, -0.15) is 0 Å². The van der Waals surface area contributed by atoms with Crippen LogP contribution >= 0.6 is 11.6 Å². The first-order valence-electron chi connectivity index (χ1n) is 8.17. The van der Waals surface area contributed by atoms with Crippen LogP contribution in [0.3, 0.4) is 0 Å². The van der Waals surface area contributed by atoms with Crippen molar-refractivity contribution in [2.75, 3.05) is 18.0 Å². The lowest BCUT2D eigenvalue weighted by Gasteiger charge is -2.34. The van der Waals surface area contributed by atoms with Crippen molar-refractivity contribution in [3.8, 4) is 0 Å². The molecule has 0 radical (unpaired) electrons. The van der Waals surface area contributed by atoms with Crippen molar-refractivity contribution in [2.45, 2.75) is 59.0 Å². The first-order valence-corrected chi connectivity index (χ1v) is 8.55. The molecule has 0 atom stereocenters. The maximum absolute atomic E-state index is 6.51. The molecule has 0 saturated carbocycles. The van der Waals surface area contributed by atoms with Crippen LogP contribution in [-0.2, 0) is 6.54 Å². The van der Waals surface area contributed by atoms with Crippen LogP contribution in [0.15, 0.2) is 18.2 Å². The fourth-order valence-electron chi connectivity index (χ4n) is 2.87. The SMILES string of the molecule is CCC1CCN(c2ccc(CNC(C)(C)C)cc2Cl)CC1. The predicted octanol–water partition coefficient (Wildman–Crippen LogP) is 4.85. The molecule has 1 aromatic rings. The van der Waals surface area contributed by atoms with E-state index in [1.807, 2.05) is 0 Å². The highest BCUT2D eigenvalue weighted by Crippen LogP contribution is 2.31. The van der Waals surface area contributed by atoms with Gasteiger partial charge < -0.3 is 10.2 Å². The third-order valence-corrected chi connectivity index (χ3v) is 4.67. The van der Waals surface area contributed by atoms with E-state index in [0.717, 1.165) is 30.6 Å². The third-order valence-electron chi connectivity index (χ3n) is 4.37. The molecule has 0 aliphatic carbocycles. The summed E-state index contributed by atoms with van der Waals surface area (Å²) in [7, 11) is 0. The number of anilines is 1. The van der Waals surface area contributed by atoms with Crippen LogP contribution < -0.4 is 10.2 Å². The molecule has 0 unspecified atom stereocenters. The molecule has 0 aromatic heterocycles. The van der Waals surface area contributed by atoms with Crippen LogP contribution in [0.5, 0.6) is 0 Å². The smallest absolute Gasteiger partial charge is 0.0642 e. The highest BCUT2D eigenvalue weighted by atomic mass is 35.5. The maximum atomic E-state index is 6.51. The standard InChI is InChI=1S/C18H29ClN2/c1-5-14-8-10-21(11-9-14)17-7-6-15(12-16(17)19)13-20-18(2,3)4/h6-7,12,14,20H,5,8-11,13H2,1-4H3. The summed E-state index contributed by atoms with van der Waals surface area (Å²) in [4.78, 5) is 2.44. The molecule has 1 saturated heterocycles. The number of nitrogens with zero attached hydrogens (tertiary/aromatic N) is 1. The predicted molar refractivity (Wildman–Crippen MR) is 93.3 cm³/mol. The molecule has 1 aliphatic heterocycles. The van der Waals surface area contributed by atoms with E-state index >= 15 is 0 Å². The van der Waals surface area contributed by atoms with E-state index in [9.17, 15) is 0 Å². The van der Waals surface area contributed by atoms with Crippen molar-refractivity contribution in [2.24, 2.45) is 5.92 Å². The van der Waals surface area contributed by atoms with Gasteiger partial charge in [-0.3, -0.25) is 0 Å². The lowest BCUT2D eigenvalue weighted by Crippen LogP contribution is -2.35. The van der Waals surface area contributed by atoms with E-state index < -0.39 is 0 Å². The summed E-state index contributed by atoms with van der Waals surface area (Å²) in [6.45, 7) is 12.0. The molecule has 1 N–H and O–H groups in total. The Morgan fingerprint density at radius 3 is 2.43 bits per heavy atom. The van der Waals surface area contributed by atoms with Crippen LogP contribution in [0.4, 0.5) is 5.69 Å². The maximum Gasteiger partial charge on any atom is 0.0642 e. The molecule has 1 aliphatic rings.